The van der Waals surface area contributed by atoms with E-state index in [-0.39, 0.29) is 11.3 Å². The monoisotopic (exact) mass is 291 g/mol. The summed E-state index contributed by atoms with van der Waals surface area (Å²) in [4.78, 5) is 10.4. The van der Waals surface area contributed by atoms with Gasteiger partial charge in [-0.2, -0.15) is 0 Å². The van der Waals surface area contributed by atoms with Crippen LogP contribution in [0.5, 0.6) is 5.75 Å². The second-order valence-corrected chi connectivity index (χ2v) is 6.12. The number of rotatable bonds is 2. The highest BCUT2D eigenvalue weighted by Crippen LogP contribution is 2.39. The summed E-state index contributed by atoms with van der Waals surface area (Å²) in [7, 11) is 0. The van der Waals surface area contributed by atoms with E-state index in [0.717, 1.165) is 0 Å². The molecule has 2 aliphatic rings. The maximum atomic E-state index is 10.8. The molecule has 6 heteroatoms. The Kier molecular flexibility index (Phi) is 3.04. The van der Waals surface area contributed by atoms with Crippen LogP contribution in [-0.2, 0) is 9.47 Å². The van der Waals surface area contributed by atoms with Gasteiger partial charge in [-0.25, -0.2) is 0 Å². The first-order valence-electron chi connectivity index (χ1n) is 6.75. The number of fused-ring (bicyclic) bond motifs is 1. The Balaban J connectivity index is 1.87. The lowest BCUT2D eigenvalue weighted by atomic mass is 9.99. The van der Waals surface area contributed by atoms with E-state index in [0.29, 0.717) is 17.9 Å². The molecule has 0 N–H and O–H groups in total. The molecule has 2 aliphatic heterocycles. The van der Waals surface area contributed by atoms with Gasteiger partial charge in [0.15, 0.2) is 5.60 Å². The standard InChI is InChI=1S/C15H17NO5/c1-14(2)9-19-13(21-14)15(3)7-6-10-8-11(16(17)18)4-5-12(10)20-15/h4-8,13H,9H2,1-3H3/t13?,15-/m0/s1. The molecule has 6 nitrogen and oxygen atoms in total. The molecule has 0 aromatic heterocycles. The smallest absolute Gasteiger partial charge is 0.270 e. The molecule has 1 saturated heterocycles. The van der Waals surface area contributed by atoms with E-state index in [1.165, 1.54) is 12.1 Å². The first-order valence-corrected chi connectivity index (χ1v) is 6.75. The predicted octanol–water partition coefficient (Wildman–Crippen LogP) is 2.91. The summed E-state index contributed by atoms with van der Waals surface area (Å²) in [6.07, 6.45) is 3.13. The van der Waals surface area contributed by atoms with Gasteiger partial charge in [-0.3, -0.25) is 10.1 Å². The number of ether oxygens (including phenoxy) is 3. The minimum atomic E-state index is -0.753. The molecule has 2 atom stereocenters. The van der Waals surface area contributed by atoms with E-state index in [1.807, 2.05) is 32.9 Å². The van der Waals surface area contributed by atoms with Gasteiger partial charge in [-0.1, -0.05) is 6.08 Å². The van der Waals surface area contributed by atoms with Gasteiger partial charge in [-0.15, -0.1) is 0 Å². The maximum absolute atomic E-state index is 10.8. The average molecular weight is 291 g/mol. The van der Waals surface area contributed by atoms with Crippen LogP contribution in [0.1, 0.15) is 26.3 Å². The van der Waals surface area contributed by atoms with Crippen LogP contribution >= 0.6 is 0 Å². The minimum Gasteiger partial charge on any atom is -0.477 e. The van der Waals surface area contributed by atoms with Gasteiger partial charge in [0, 0.05) is 17.7 Å². The lowest BCUT2D eigenvalue weighted by molar-refractivity contribution is -0.384. The van der Waals surface area contributed by atoms with Crippen molar-refractivity contribution in [1.29, 1.82) is 0 Å². The van der Waals surface area contributed by atoms with Gasteiger partial charge in [0.25, 0.3) is 5.69 Å². The van der Waals surface area contributed by atoms with E-state index < -0.39 is 16.8 Å². The molecule has 0 spiro atoms. The molecule has 112 valence electrons. The highest BCUT2D eigenvalue weighted by Gasteiger charge is 2.46. The maximum Gasteiger partial charge on any atom is 0.270 e. The molecule has 0 aliphatic carbocycles. The Labute approximate surface area is 122 Å². The van der Waals surface area contributed by atoms with E-state index >= 15 is 0 Å². The molecule has 0 bridgehead atoms. The summed E-state index contributed by atoms with van der Waals surface area (Å²) in [5.74, 6) is 0.586. The van der Waals surface area contributed by atoms with Crippen molar-refractivity contribution in [1.82, 2.24) is 0 Å². The van der Waals surface area contributed by atoms with E-state index in [2.05, 4.69) is 0 Å². The van der Waals surface area contributed by atoms with Crippen LogP contribution < -0.4 is 4.74 Å². The van der Waals surface area contributed by atoms with E-state index in [9.17, 15) is 10.1 Å². The van der Waals surface area contributed by atoms with Crippen LogP contribution in [0.4, 0.5) is 5.69 Å². The Hall–Kier alpha value is -1.92. The largest absolute Gasteiger partial charge is 0.477 e. The summed E-state index contributed by atoms with van der Waals surface area (Å²) < 4.78 is 17.5. The van der Waals surface area contributed by atoms with Crippen LogP contribution in [0, 0.1) is 10.1 Å². The number of nitrogens with zero attached hydrogens (tertiary/aromatic N) is 1. The SMILES string of the molecule is CC1(C)COC([C@]2(C)C=Cc3cc([N+](=O)[O-])ccc3O2)O1. The number of nitro groups is 1. The fourth-order valence-corrected chi connectivity index (χ4v) is 2.44. The molecule has 2 heterocycles. The van der Waals surface area contributed by atoms with Gasteiger partial charge >= 0.3 is 0 Å². The molecule has 0 saturated carbocycles. The van der Waals surface area contributed by atoms with Crippen molar-refractivity contribution in [2.24, 2.45) is 0 Å². The first kappa shape index (κ1) is 14.0. The summed E-state index contributed by atoms with van der Waals surface area (Å²) in [6.45, 7) is 6.29. The van der Waals surface area contributed by atoms with Crippen molar-refractivity contribution in [3.63, 3.8) is 0 Å². The van der Waals surface area contributed by atoms with Crippen molar-refractivity contribution >= 4 is 11.8 Å². The third-order valence-corrected chi connectivity index (χ3v) is 3.60. The molecule has 0 radical (unpaired) electrons. The van der Waals surface area contributed by atoms with Gasteiger partial charge in [0.2, 0.25) is 6.29 Å². The fraction of sp³-hybridized carbons (Fsp3) is 0.467. The molecule has 0 amide bonds. The lowest BCUT2D eigenvalue weighted by Gasteiger charge is -2.35. The lowest BCUT2D eigenvalue weighted by Crippen LogP contribution is -2.45. The van der Waals surface area contributed by atoms with Crippen molar-refractivity contribution in [2.45, 2.75) is 38.3 Å². The summed E-state index contributed by atoms with van der Waals surface area (Å²) in [5.41, 5.74) is -0.378. The second-order valence-electron chi connectivity index (χ2n) is 6.12. The second kappa shape index (κ2) is 4.54. The number of nitro benzene ring substituents is 1. The quantitative estimate of drug-likeness (QED) is 0.619. The number of hydrogen-bond donors (Lipinski definition) is 0. The Bertz CT molecular complexity index is 624. The third kappa shape index (κ3) is 2.52. The Morgan fingerprint density at radius 1 is 1.33 bits per heavy atom. The first-order chi connectivity index (χ1) is 9.79. The third-order valence-electron chi connectivity index (χ3n) is 3.60. The fourth-order valence-electron chi connectivity index (χ4n) is 2.44. The predicted molar refractivity (Wildman–Crippen MR) is 76.1 cm³/mol. The molecule has 1 aromatic rings. The minimum absolute atomic E-state index is 0.0418. The number of benzene rings is 1. The highest BCUT2D eigenvalue weighted by atomic mass is 16.8. The molecular weight excluding hydrogens is 274 g/mol. The normalized spacial score (nSPS) is 29.8. The van der Waals surface area contributed by atoms with Crippen molar-refractivity contribution < 1.29 is 19.1 Å². The topological polar surface area (TPSA) is 70.8 Å². The van der Waals surface area contributed by atoms with Crippen LogP contribution in [0.15, 0.2) is 24.3 Å². The van der Waals surface area contributed by atoms with Crippen LogP contribution in [0.2, 0.25) is 0 Å². The van der Waals surface area contributed by atoms with Crippen LogP contribution in [0.25, 0.3) is 6.08 Å². The molecule has 1 aromatic carbocycles. The summed E-state index contributed by atoms with van der Waals surface area (Å²) >= 11 is 0. The molecule has 1 fully saturated rings. The van der Waals surface area contributed by atoms with Crippen LogP contribution in [0.3, 0.4) is 0 Å². The van der Waals surface area contributed by atoms with E-state index in [4.69, 9.17) is 14.2 Å². The van der Waals surface area contributed by atoms with Gasteiger partial charge in [0.05, 0.1) is 17.1 Å². The number of hydrogen-bond acceptors (Lipinski definition) is 5. The van der Waals surface area contributed by atoms with Crippen molar-refractivity contribution in [3.05, 3.63) is 40.0 Å². The number of non-ortho nitro benzene ring substituents is 1. The zero-order chi connectivity index (χ0) is 15.3. The summed E-state index contributed by atoms with van der Waals surface area (Å²) in [6, 6.07) is 4.53. The Morgan fingerprint density at radius 3 is 2.71 bits per heavy atom. The molecular formula is C15H17NO5. The molecule has 3 rings (SSSR count). The van der Waals surface area contributed by atoms with Gasteiger partial charge in [-0.05, 0) is 32.9 Å². The van der Waals surface area contributed by atoms with Crippen molar-refractivity contribution in [2.75, 3.05) is 6.61 Å². The Morgan fingerprint density at radius 2 is 2.10 bits per heavy atom. The zero-order valence-corrected chi connectivity index (χ0v) is 12.2. The van der Waals surface area contributed by atoms with Gasteiger partial charge in [0.1, 0.15) is 5.75 Å². The molecule has 1 unspecified atom stereocenters. The van der Waals surface area contributed by atoms with Crippen molar-refractivity contribution in [3.8, 4) is 5.75 Å². The van der Waals surface area contributed by atoms with Crippen LogP contribution in [-0.4, -0.2) is 29.0 Å². The summed E-state index contributed by atoms with van der Waals surface area (Å²) in [5, 5.41) is 10.8. The zero-order valence-electron chi connectivity index (χ0n) is 12.2. The van der Waals surface area contributed by atoms with Gasteiger partial charge < -0.3 is 14.2 Å². The molecule has 21 heavy (non-hydrogen) atoms. The highest BCUT2D eigenvalue weighted by molar-refractivity contribution is 5.64. The average Bonchev–Trinajstić information content (AvgIpc) is 2.79. The van der Waals surface area contributed by atoms with E-state index in [1.54, 1.807) is 6.07 Å².